The van der Waals surface area contributed by atoms with Crippen molar-refractivity contribution in [3.63, 3.8) is 0 Å². The van der Waals surface area contributed by atoms with Crippen molar-refractivity contribution < 1.29 is 0 Å². The highest BCUT2D eigenvalue weighted by atomic mass is 35.5. The Morgan fingerprint density at radius 3 is 2.85 bits per heavy atom. The van der Waals surface area contributed by atoms with Crippen molar-refractivity contribution in [2.24, 2.45) is 0 Å². The van der Waals surface area contributed by atoms with Crippen molar-refractivity contribution >= 4 is 11.6 Å². The van der Waals surface area contributed by atoms with Crippen LogP contribution in [0.5, 0.6) is 0 Å². The molecule has 0 aliphatic carbocycles. The second-order valence-corrected chi connectivity index (χ2v) is 3.74. The Morgan fingerprint density at radius 2 is 2.23 bits per heavy atom. The van der Waals surface area contributed by atoms with Crippen molar-refractivity contribution in [2.75, 3.05) is 0 Å². The van der Waals surface area contributed by atoms with E-state index < -0.39 is 0 Å². The highest BCUT2D eigenvalue weighted by Crippen LogP contribution is 2.12. The van der Waals surface area contributed by atoms with Crippen LogP contribution in [0.2, 0.25) is 0 Å². The Morgan fingerprint density at radius 1 is 1.38 bits per heavy atom. The molecule has 1 aromatic rings. The van der Waals surface area contributed by atoms with Crippen LogP contribution in [0.4, 0.5) is 0 Å². The third kappa shape index (κ3) is 4.23. The summed E-state index contributed by atoms with van der Waals surface area (Å²) < 4.78 is 0. The van der Waals surface area contributed by atoms with Crippen LogP contribution in [0.15, 0.2) is 18.6 Å². The maximum atomic E-state index is 6.08. The fourth-order valence-corrected chi connectivity index (χ4v) is 1.55. The lowest BCUT2D eigenvalue weighted by Gasteiger charge is -2.06. The number of aromatic nitrogens is 2. The Hall–Kier alpha value is -0.630. The molecular weight excluding hydrogens is 184 g/mol. The molecule has 13 heavy (non-hydrogen) atoms. The summed E-state index contributed by atoms with van der Waals surface area (Å²) in [4.78, 5) is 8.19. The van der Waals surface area contributed by atoms with Gasteiger partial charge in [-0.05, 0) is 19.3 Å². The van der Waals surface area contributed by atoms with Gasteiger partial charge in [0.1, 0.15) is 0 Å². The molecule has 1 heterocycles. The Balaban J connectivity index is 2.27. The van der Waals surface area contributed by atoms with Gasteiger partial charge < -0.3 is 0 Å². The van der Waals surface area contributed by atoms with Gasteiger partial charge in [-0.15, -0.1) is 11.6 Å². The molecule has 0 saturated heterocycles. The molecule has 1 unspecified atom stereocenters. The number of alkyl halides is 1. The topological polar surface area (TPSA) is 25.8 Å². The minimum atomic E-state index is 0.284. The summed E-state index contributed by atoms with van der Waals surface area (Å²) in [6.45, 7) is 2.15. The molecule has 0 amide bonds. The molecule has 0 aromatic carbocycles. The zero-order chi connectivity index (χ0) is 9.52. The number of aryl methyl sites for hydroxylation is 1. The fourth-order valence-electron chi connectivity index (χ4n) is 1.22. The van der Waals surface area contributed by atoms with Crippen LogP contribution in [0.25, 0.3) is 0 Å². The number of hydrogen-bond acceptors (Lipinski definition) is 2. The van der Waals surface area contributed by atoms with E-state index in [-0.39, 0.29) is 5.38 Å². The van der Waals surface area contributed by atoms with E-state index in [1.54, 1.807) is 18.6 Å². The first-order valence-corrected chi connectivity index (χ1v) is 5.15. The van der Waals surface area contributed by atoms with E-state index in [2.05, 4.69) is 16.9 Å². The van der Waals surface area contributed by atoms with Crippen LogP contribution in [0.1, 0.15) is 31.9 Å². The molecule has 1 atom stereocenters. The molecule has 3 heteroatoms. The molecule has 0 radical (unpaired) electrons. The average Bonchev–Trinajstić information content (AvgIpc) is 2.17. The minimum Gasteiger partial charge on any atom is -0.261 e. The number of hydrogen-bond donors (Lipinski definition) is 0. The van der Waals surface area contributed by atoms with Crippen LogP contribution in [-0.4, -0.2) is 15.3 Å². The molecule has 1 aromatic heterocycles. The molecular formula is C10H15ClN2. The van der Waals surface area contributed by atoms with Crippen LogP contribution < -0.4 is 0 Å². The van der Waals surface area contributed by atoms with Crippen LogP contribution in [-0.2, 0) is 6.42 Å². The summed E-state index contributed by atoms with van der Waals surface area (Å²) in [5.41, 5.74) is 1.03. The van der Waals surface area contributed by atoms with Gasteiger partial charge in [0.05, 0.1) is 5.69 Å². The van der Waals surface area contributed by atoms with Crippen LogP contribution in [0, 0.1) is 0 Å². The highest BCUT2D eigenvalue weighted by molar-refractivity contribution is 6.20. The Bertz CT molecular complexity index is 226. The van der Waals surface area contributed by atoms with E-state index >= 15 is 0 Å². The summed E-state index contributed by atoms with van der Waals surface area (Å²) in [5.74, 6) is 0. The van der Waals surface area contributed by atoms with Crippen molar-refractivity contribution in [3.8, 4) is 0 Å². The lowest BCUT2D eigenvalue weighted by atomic mass is 10.1. The van der Waals surface area contributed by atoms with Gasteiger partial charge in [0.2, 0.25) is 0 Å². The second-order valence-electron chi connectivity index (χ2n) is 3.12. The van der Waals surface area contributed by atoms with E-state index in [1.807, 2.05) is 0 Å². The molecule has 0 N–H and O–H groups in total. The van der Waals surface area contributed by atoms with Gasteiger partial charge in [0, 0.05) is 24.0 Å². The first-order chi connectivity index (χ1) is 6.33. The smallest absolute Gasteiger partial charge is 0.0587 e. The van der Waals surface area contributed by atoms with Gasteiger partial charge in [-0.1, -0.05) is 13.3 Å². The van der Waals surface area contributed by atoms with Gasteiger partial charge >= 0.3 is 0 Å². The predicted octanol–water partition coefficient (Wildman–Crippen LogP) is 2.82. The molecule has 2 nitrogen and oxygen atoms in total. The maximum absolute atomic E-state index is 6.08. The average molecular weight is 199 g/mol. The lowest BCUT2D eigenvalue weighted by Crippen LogP contribution is -2.01. The van der Waals surface area contributed by atoms with Crippen molar-refractivity contribution in [3.05, 3.63) is 24.3 Å². The third-order valence-electron chi connectivity index (χ3n) is 1.93. The quantitative estimate of drug-likeness (QED) is 0.680. The van der Waals surface area contributed by atoms with Crippen LogP contribution in [0.3, 0.4) is 0 Å². The molecule has 0 bridgehead atoms. The first-order valence-electron chi connectivity index (χ1n) is 4.72. The standard InChI is InChI=1S/C10H15ClN2/c1-2-3-9(11)4-5-10-8-12-6-7-13-10/h6-9H,2-5H2,1H3. The van der Waals surface area contributed by atoms with E-state index in [0.717, 1.165) is 31.4 Å². The molecule has 0 fully saturated rings. The van der Waals surface area contributed by atoms with Crippen molar-refractivity contribution in [1.82, 2.24) is 9.97 Å². The number of nitrogens with zero attached hydrogens (tertiary/aromatic N) is 2. The molecule has 0 aliphatic heterocycles. The van der Waals surface area contributed by atoms with E-state index in [9.17, 15) is 0 Å². The SMILES string of the molecule is CCCC(Cl)CCc1cnccn1. The molecule has 1 rings (SSSR count). The Kier molecular flexibility index (Phi) is 4.76. The predicted molar refractivity (Wildman–Crippen MR) is 54.9 cm³/mol. The van der Waals surface area contributed by atoms with Gasteiger partial charge in [0.25, 0.3) is 0 Å². The summed E-state index contributed by atoms with van der Waals surface area (Å²) in [7, 11) is 0. The van der Waals surface area contributed by atoms with Gasteiger partial charge in [0.15, 0.2) is 0 Å². The monoisotopic (exact) mass is 198 g/mol. The normalized spacial score (nSPS) is 12.8. The molecule has 72 valence electrons. The van der Waals surface area contributed by atoms with E-state index in [1.165, 1.54) is 0 Å². The first kappa shape index (κ1) is 10.5. The van der Waals surface area contributed by atoms with Gasteiger partial charge in [-0.2, -0.15) is 0 Å². The molecule has 0 aliphatic rings. The van der Waals surface area contributed by atoms with E-state index in [4.69, 9.17) is 11.6 Å². The summed E-state index contributed by atoms with van der Waals surface area (Å²) in [5, 5.41) is 0.284. The van der Waals surface area contributed by atoms with E-state index in [0.29, 0.717) is 0 Å². The minimum absolute atomic E-state index is 0.284. The fraction of sp³-hybridized carbons (Fsp3) is 0.600. The zero-order valence-electron chi connectivity index (χ0n) is 7.91. The Labute approximate surface area is 84.4 Å². The second kappa shape index (κ2) is 5.92. The maximum Gasteiger partial charge on any atom is 0.0587 e. The number of rotatable bonds is 5. The van der Waals surface area contributed by atoms with Gasteiger partial charge in [-0.3, -0.25) is 9.97 Å². The zero-order valence-corrected chi connectivity index (χ0v) is 8.67. The largest absolute Gasteiger partial charge is 0.261 e. The lowest BCUT2D eigenvalue weighted by molar-refractivity contribution is 0.668. The summed E-state index contributed by atoms with van der Waals surface area (Å²) >= 11 is 6.08. The summed E-state index contributed by atoms with van der Waals surface area (Å²) in [6.07, 6.45) is 9.37. The van der Waals surface area contributed by atoms with Gasteiger partial charge in [-0.25, -0.2) is 0 Å². The highest BCUT2D eigenvalue weighted by Gasteiger charge is 2.03. The molecule has 0 spiro atoms. The van der Waals surface area contributed by atoms with Crippen molar-refractivity contribution in [1.29, 1.82) is 0 Å². The third-order valence-corrected chi connectivity index (χ3v) is 2.37. The molecule has 0 saturated carbocycles. The summed E-state index contributed by atoms with van der Waals surface area (Å²) in [6, 6.07) is 0. The van der Waals surface area contributed by atoms with Crippen molar-refractivity contribution in [2.45, 2.75) is 38.0 Å². The number of halogens is 1. The van der Waals surface area contributed by atoms with Crippen LogP contribution >= 0.6 is 11.6 Å².